The molecular formula is C11H9Cl2NO3. The lowest BCUT2D eigenvalue weighted by molar-refractivity contribution is -0.111. The quantitative estimate of drug-likeness (QED) is 0.832. The molecular weight excluding hydrogens is 265 g/mol. The van der Waals surface area contributed by atoms with Gasteiger partial charge in [0.25, 0.3) is 0 Å². The van der Waals surface area contributed by atoms with Crippen LogP contribution in [0.25, 0.3) is 0 Å². The fourth-order valence-electron chi connectivity index (χ4n) is 1.22. The van der Waals surface area contributed by atoms with E-state index in [4.69, 9.17) is 28.3 Å². The Hall–Kier alpha value is -1.52. The van der Waals surface area contributed by atoms with E-state index in [-0.39, 0.29) is 21.3 Å². The Morgan fingerprint density at radius 2 is 2.00 bits per heavy atom. The summed E-state index contributed by atoms with van der Waals surface area (Å²) in [6.07, 6.45) is 2.79. The molecule has 0 spiro atoms. The van der Waals surface area contributed by atoms with Crippen molar-refractivity contribution in [1.82, 2.24) is 0 Å². The molecule has 0 unspecified atom stereocenters. The highest BCUT2D eigenvalue weighted by atomic mass is 35.5. The van der Waals surface area contributed by atoms with Gasteiger partial charge in [0.15, 0.2) is 0 Å². The van der Waals surface area contributed by atoms with Crippen molar-refractivity contribution in [3.63, 3.8) is 0 Å². The molecule has 1 amide bonds. The van der Waals surface area contributed by atoms with Crippen LogP contribution in [0.3, 0.4) is 0 Å². The third-order valence-electron chi connectivity index (χ3n) is 1.84. The van der Waals surface area contributed by atoms with E-state index in [1.54, 1.807) is 6.92 Å². The predicted molar refractivity (Wildman–Crippen MR) is 66.9 cm³/mol. The van der Waals surface area contributed by atoms with Crippen LogP contribution >= 0.6 is 23.2 Å². The van der Waals surface area contributed by atoms with Gasteiger partial charge in [-0.2, -0.15) is 0 Å². The topological polar surface area (TPSA) is 66.4 Å². The second-order valence-electron chi connectivity index (χ2n) is 3.10. The van der Waals surface area contributed by atoms with Crippen LogP contribution in [0, 0.1) is 0 Å². The fraction of sp³-hybridized carbons (Fsp3) is 0.0909. The third kappa shape index (κ3) is 3.47. The van der Waals surface area contributed by atoms with E-state index in [0.29, 0.717) is 0 Å². The average Bonchev–Trinajstić information content (AvgIpc) is 2.15. The summed E-state index contributed by atoms with van der Waals surface area (Å²) in [5.41, 5.74) is -0.119. The summed E-state index contributed by atoms with van der Waals surface area (Å²) in [4.78, 5) is 22.3. The summed E-state index contributed by atoms with van der Waals surface area (Å²) in [5.74, 6) is -1.68. The Balaban J connectivity index is 3.21. The normalized spacial score (nSPS) is 10.5. The number of carboxylic acid groups (broad SMARTS) is 1. The second-order valence-corrected chi connectivity index (χ2v) is 3.95. The van der Waals surface area contributed by atoms with E-state index in [0.717, 1.165) is 0 Å². The number of aromatic carboxylic acids is 1. The zero-order chi connectivity index (χ0) is 13.0. The molecule has 0 saturated heterocycles. The number of rotatable bonds is 3. The molecule has 90 valence electrons. The van der Waals surface area contributed by atoms with Crippen molar-refractivity contribution >= 4 is 40.8 Å². The molecule has 17 heavy (non-hydrogen) atoms. The number of allylic oxidation sites excluding steroid dienone is 1. The molecule has 0 saturated carbocycles. The Kier molecular flexibility index (Phi) is 4.54. The Morgan fingerprint density at radius 3 is 2.53 bits per heavy atom. The van der Waals surface area contributed by atoms with Crippen molar-refractivity contribution in [3.8, 4) is 0 Å². The molecule has 0 radical (unpaired) electrons. The first kappa shape index (κ1) is 13.5. The van der Waals surface area contributed by atoms with Gasteiger partial charge in [0.2, 0.25) is 5.91 Å². The van der Waals surface area contributed by atoms with E-state index < -0.39 is 11.9 Å². The Morgan fingerprint density at radius 1 is 1.35 bits per heavy atom. The molecule has 6 heteroatoms. The molecule has 0 atom stereocenters. The number of carboxylic acids is 1. The monoisotopic (exact) mass is 273 g/mol. The number of carbonyl (C=O) groups excluding carboxylic acids is 1. The van der Waals surface area contributed by atoms with Gasteiger partial charge in [-0.05, 0) is 25.1 Å². The maximum absolute atomic E-state index is 11.3. The van der Waals surface area contributed by atoms with Gasteiger partial charge in [-0.1, -0.05) is 29.3 Å². The number of amides is 1. The summed E-state index contributed by atoms with van der Waals surface area (Å²) in [5, 5.41) is 11.6. The molecule has 1 rings (SSSR count). The fourth-order valence-corrected chi connectivity index (χ4v) is 1.79. The number of benzene rings is 1. The van der Waals surface area contributed by atoms with Gasteiger partial charge < -0.3 is 10.4 Å². The average molecular weight is 274 g/mol. The molecule has 1 aromatic rings. The molecule has 4 nitrogen and oxygen atoms in total. The van der Waals surface area contributed by atoms with Crippen LogP contribution in [0.15, 0.2) is 24.3 Å². The minimum Gasteiger partial charge on any atom is -0.478 e. The largest absolute Gasteiger partial charge is 0.478 e. The Bertz CT molecular complexity index is 498. The zero-order valence-electron chi connectivity index (χ0n) is 8.83. The van der Waals surface area contributed by atoms with Gasteiger partial charge in [0, 0.05) is 5.02 Å². The van der Waals surface area contributed by atoms with Crippen LogP contribution in [0.5, 0.6) is 0 Å². The van der Waals surface area contributed by atoms with E-state index >= 15 is 0 Å². The van der Waals surface area contributed by atoms with Crippen molar-refractivity contribution in [2.24, 2.45) is 0 Å². The third-order valence-corrected chi connectivity index (χ3v) is 2.36. The van der Waals surface area contributed by atoms with E-state index in [1.807, 2.05) is 0 Å². The zero-order valence-corrected chi connectivity index (χ0v) is 10.3. The van der Waals surface area contributed by atoms with E-state index in [9.17, 15) is 9.59 Å². The van der Waals surface area contributed by atoms with Gasteiger partial charge in [-0.25, -0.2) is 4.79 Å². The number of nitrogens with one attached hydrogen (secondary N) is 1. The molecule has 0 fully saturated rings. The Labute approximate surface area is 108 Å². The van der Waals surface area contributed by atoms with Crippen LogP contribution in [-0.2, 0) is 4.79 Å². The molecule has 1 aromatic carbocycles. The molecule has 0 bridgehead atoms. The molecule has 0 heterocycles. The van der Waals surface area contributed by atoms with Crippen LogP contribution in [0.1, 0.15) is 17.3 Å². The highest BCUT2D eigenvalue weighted by molar-refractivity contribution is 6.37. The van der Waals surface area contributed by atoms with Gasteiger partial charge in [0.05, 0.1) is 10.7 Å². The predicted octanol–water partition coefficient (Wildman–Crippen LogP) is 3.21. The smallest absolute Gasteiger partial charge is 0.339 e. The number of hydrogen-bond acceptors (Lipinski definition) is 2. The lowest BCUT2D eigenvalue weighted by Crippen LogP contribution is -2.12. The minimum absolute atomic E-state index is 0.0271. The molecule has 0 aromatic heterocycles. The molecule has 0 aliphatic rings. The molecule has 0 aliphatic heterocycles. The van der Waals surface area contributed by atoms with Gasteiger partial charge >= 0.3 is 5.97 Å². The number of anilines is 1. The molecule has 0 aliphatic carbocycles. The van der Waals surface area contributed by atoms with Crippen LogP contribution in [0.4, 0.5) is 5.69 Å². The summed E-state index contributed by atoms with van der Waals surface area (Å²) in [6.45, 7) is 1.67. The van der Waals surface area contributed by atoms with Gasteiger partial charge in [0.1, 0.15) is 5.56 Å². The van der Waals surface area contributed by atoms with Crippen molar-refractivity contribution in [1.29, 1.82) is 0 Å². The number of halogens is 2. The highest BCUT2D eigenvalue weighted by Crippen LogP contribution is 2.29. The highest BCUT2D eigenvalue weighted by Gasteiger charge is 2.16. The van der Waals surface area contributed by atoms with Crippen molar-refractivity contribution in [3.05, 3.63) is 39.9 Å². The van der Waals surface area contributed by atoms with Gasteiger partial charge in [-0.3, -0.25) is 4.79 Å². The van der Waals surface area contributed by atoms with Crippen LogP contribution in [-0.4, -0.2) is 17.0 Å². The SMILES string of the molecule is C/C=C/C(=O)Nc1cc(Cl)cc(Cl)c1C(=O)O. The van der Waals surface area contributed by atoms with Crippen molar-refractivity contribution < 1.29 is 14.7 Å². The number of hydrogen-bond donors (Lipinski definition) is 2. The summed E-state index contributed by atoms with van der Waals surface area (Å²) in [6, 6.07) is 2.64. The second kappa shape index (κ2) is 5.70. The van der Waals surface area contributed by atoms with Crippen molar-refractivity contribution in [2.75, 3.05) is 5.32 Å². The van der Waals surface area contributed by atoms with Crippen LogP contribution < -0.4 is 5.32 Å². The van der Waals surface area contributed by atoms with Crippen LogP contribution in [0.2, 0.25) is 10.0 Å². The lowest BCUT2D eigenvalue weighted by Gasteiger charge is -2.09. The lowest BCUT2D eigenvalue weighted by atomic mass is 10.1. The minimum atomic E-state index is -1.23. The molecule has 2 N–H and O–H groups in total. The van der Waals surface area contributed by atoms with E-state index in [2.05, 4.69) is 5.32 Å². The summed E-state index contributed by atoms with van der Waals surface area (Å²) in [7, 11) is 0. The maximum Gasteiger partial charge on any atom is 0.339 e. The van der Waals surface area contributed by atoms with Gasteiger partial charge in [-0.15, -0.1) is 0 Å². The summed E-state index contributed by atoms with van der Waals surface area (Å²) >= 11 is 11.5. The first-order valence-corrected chi connectivity index (χ1v) is 5.37. The van der Waals surface area contributed by atoms with Crippen molar-refractivity contribution in [2.45, 2.75) is 6.92 Å². The van der Waals surface area contributed by atoms with E-state index in [1.165, 1.54) is 24.3 Å². The first-order chi connectivity index (χ1) is 7.95. The summed E-state index contributed by atoms with van der Waals surface area (Å²) < 4.78 is 0. The maximum atomic E-state index is 11.3. The number of carbonyl (C=O) groups is 2. The standard InChI is InChI=1S/C11H9Cl2NO3/c1-2-3-9(15)14-8-5-6(12)4-7(13)10(8)11(16)17/h2-5H,1H3,(H,14,15)(H,16,17)/b3-2+. The first-order valence-electron chi connectivity index (χ1n) is 4.61.